The van der Waals surface area contributed by atoms with E-state index in [1.165, 1.54) is 16.4 Å². The Hall–Kier alpha value is -3.47. The Kier molecular flexibility index (Phi) is 6.59. The molecule has 0 saturated carbocycles. The Morgan fingerprint density at radius 2 is 1.55 bits per heavy atom. The van der Waals surface area contributed by atoms with Crippen molar-refractivity contribution in [2.75, 3.05) is 25.0 Å². The van der Waals surface area contributed by atoms with Crippen LogP contribution in [0.25, 0.3) is 11.1 Å². The van der Waals surface area contributed by atoms with Gasteiger partial charge in [-0.15, -0.1) is 0 Å². The summed E-state index contributed by atoms with van der Waals surface area (Å²) in [5.41, 5.74) is 2.96. The first-order valence-corrected chi connectivity index (χ1v) is 12.3. The SMILES string of the molecule is CN(C(=O)C1CCN(S(=O)(=O)c2ccccc2C#N)CC1)c1ccccc1-c1ccccc1. The van der Waals surface area contributed by atoms with Crippen molar-refractivity contribution in [2.45, 2.75) is 17.7 Å². The molecule has 1 fully saturated rings. The fourth-order valence-electron chi connectivity index (χ4n) is 4.29. The smallest absolute Gasteiger partial charge is 0.244 e. The Labute approximate surface area is 194 Å². The highest BCUT2D eigenvalue weighted by molar-refractivity contribution is 7.89. The van der Waals surface area contributed by atoms with Crippen molar-refractivity contribution in [1.29, 1.82) is 5.26 Å². The van der Waals surface area contributed by atoms with Crippen LogP contribution in [-0.2, 0) is 14.8 Å². The molecule has 33 heavy (non-hydrogen) atoms. The molecule has 6 nitrogen and oxygen atoms in total. The number of anilines is 1. The number of nitrogens with zero attached hydrogens (tertiary/aromatic N) is 3. The maximum atomic E-state index is 13.3. The van der Waals surface area contributed by atoms with Gasteiger partial charge in [-0.25, -0.2) is 8.42 Å². The van der Waals surface area contributed by atoms with Crippen LogP contribution >= 0.6 is 0 Å². The van der Waals surface area contributed by atoms with Crippen LogP contribution < -0.4 is 4.90 Å². The average molecular weight is 460 g/mol. The molecule has 1 aliphatic rings. The molecule has 0 bridgehead atoms. The Balaban J connectivity index is 1.49. The molecular formula is C26H25N3O3S. The zero-order valence-corrected chi connectivity index (χ0v) is 19.2. The van der Waals surface area contributed by atoms with Crippen molar-refractivity contribution < 1.29 is 13.2 Å². The van der Waals surface area contributed by atoms with Crippen molar-refractivity contribution in [3.63, 3.8) is 0 Å². The number of carbonyl (C=O) groups is 1. The van der Waals surface area contributed by atoms with E-state index in [1.54, 1.807) is 24.1 Å². The number of para-hydroxylation sites is 1. The Morgan fingerprint density at radius 3 is 2.24 bits per heavy atom. The van der Waals surface area contributed by atoms with Crippen molar-refractivity contribution >= 4 is 21.6 Å². The third-order valence-electron chi connectivity index (χ3n) is 6.11. The molecule has 0 atom stereocenters. The van der Waals surface area contributed by atoms with E-state index in [0.29, 0.717) is 12.8 Å². The molecular weight excluding hydrogens is 434 g/mol. The van der Waals surface area contributed by atoms with Crippen LogP contribution in [0.5, 0.6) is 0 Å². The number of benzene rings is 3. The van der Waals surface area contributed by atoms with Crippen LogP contribution in [0.15, 0.2) is 83.8 Å². The fourth-order valence-corrected chi connectivity index (χ4v) is 5.90. The summed E-state index contributed by atoms with van der Waals surface area (Å²) in [4.78, 5) is 15.0. The lowest BCUT2D eigenvalue weighted by Gasteiger charge is -2.33. The first-order chi connectivity index (χ1) is 15.9. The molecule has 1 aliphatic heterocycles. The highest BCUT2D eigenvalue weighted by Crippen LogP contribution is 2.32. The predicted molar refractivity (Wildman–Crippen MR) is 128 cm³/mol. The van der Waals surface area contributed by atoms with Gasteiger partial charge in [-0.1, -0.05) is 60.7 Å². The molecule has 3 aromatic carbocycles. The summed E-state index contributed by atoms with van der Waals surface area (Å²) in [6.07, 6.45) is 0.870. The summed E-state index contributed by atoms with van der Waals surface area (Å²) in [6.45, 7) is 0.485. The maximum absolute atomic E-state index is 13.3. The number of carbonyl (C=O) groups excluding carboxylic acids is 1. The van der Waals surface area contributed by atoms with Gasteiger partial charge >= 0.3 is 0 Å². The zero-order valence-electron chi connectivity index (χ0n) is 18.4. The first kappa shape index (κ1) is 22.7. The highest BCUT2D eigenvalue weighted by Gasteiger charge is 2.34. The van der Waals surface area contributed by atoms with Gasteiger partial charge in [0.15, 0.2) is 0 Å². The second kappa shape index (κ2) is 9.57. The molecule has 7 heteroatoms. The number of hydrogen-bond acceptors (Lipinski definition) is 4. The molecule has 0 N–H and O–H groups in total. The minimum atomic E-state index is -3.78. The van der Waals surface area contributed by atoms with E-state index in [2.05, 4.69) is 0 Å². The average Bonchev–Trinajstić information content (AvgIpc) is 2.88. The summed E-state index contributed by atoms with van der Waals surface area (Å²) >= 11 is 0. The number of hydrogen-bond donors (Lipinski definition) is 0. The Bertz CT molecular complexity index is 1290. The van der Waals surface area contributed by atoms with E-state index in [1.807, 2.05) is 60.7 Å². The van der Waals surface area contributed by atoms with Gasteiger partial charge in [0.05, 0.1) is 16.1 Å². The summed E-state index contributed by atoms with van der Waals surface area (Å²) in [5, 5.41) is 9.29. The molecule has 3 aromatic rings. The number of rotatable bonds is 5. The summed E-state index contributed by atoms with van der Waals surface area (Å²) in [5.74, 6) is -0.288. The fraction of sp³-hybridized carbons (Fsp3) is 0.231. The van der Waals surface area contributed by atoms with Gasteiger partial charge in [-0.05, 0) is 36.6 Å². The molecule has 168 valence electrons. The molecule has 0 aliphatic carbocycles. The van der Waals surface area contributed by atoms with Crippen LogP contribution in [0.3, 0.4) is 0 Å². The number of sulfonamides is 1. The van der Waals surface area contributed by atoms with Crippen LogP contribution in [0, 0.1) is 17.2 Å². The molecule has 1 saturated heterocycles. The van der Waals surface area contributed by atoms with E-state index in [9.17, 15) is 18.5 Å². The van der Waals surface area contributed by atoms with Gasteiger partial charge in [0, 0.05) is 31.6 Å². The second-order valence-electron chi connectivity index (χ2n) is 8.07. The van der Waals surface area contributed by atoms with Crippen LogP contribution in [-0.4, -0.2) is 38.8 Å². The standard InChI is InChI=1S/C26H25N3O3S/c1-28(24-13-7-6-12-23(24)20-9-3-2-4-10-20)26(30)21-15-17-29(18-16-21)33(31,32)25-14-8-5-11-22(25)19-27/h2-14,21H,15-18H2,1H3. The molecule has 0 aromatic heterocycles. The molecule has 0 radical (unpaired) electrons. The van der Waals surface area contributed by atoms with Crippen molar-refractivity contribution in [3.05, 3.63) is 84.4 Å². The normalized spacial score (nSPS) is 15.0. The Morgan fingerprint density at radius 1 is 0.939 bits per heavy atom. The molecule has 0 unspecified atom stereocenters. The third-order valence-corrected chi connectivity index (χ3v) is 8.07. The van der Waals surface area contributed by atoms with E-state index in [4.69, 9.17) is 0 Å². The second-order valence-corrected chi connectivity index (χ2v) is 9.97. The van der Waals surface area contributed by atoms with Gasteiger partial charge in [-0.3, -0.25) is 4.79 Å². The topological polar surface area (TPSA) is 81.5 Å². The van der Waals surface area contributed by atoms with Gasteiger partial charge in [-0.2, -0.15) is 9.57 Å². The van der Waals surface area contributed by atoms with Gasteiger partial charge in [0.1, 0.15) is 6.07 Å². The van der Waals surface area contributed by atoms with Crippen LogP contribution in [0.4, 0.5) is 5.69 Å². The van der Waals surface area contributed by atoms with E-state index < -0.39 is 10.0 Å². The van der Waals surface area contributed by atoms with Crippen LogP contribution in [0.2, 0.25) is 0 Å². The summed E-state index contributed by atoms with van der Waals surface area (Å²) in [6, 6.07) is 25.9. The molecule has 1 heterocycles. The molecule has 4 rings (SSSR count). The van der Waals surface area contributed by atoms with Crippen LogP contribution in [0.1, 0.15) is 18.4 Å². The first-order valence-electron chi connectivity index (χ1n) is 10.8. The number of amides is 1. The van der Waals surface area contributed by atoms with Crippen molar-refractivity contribution in [2.24, 2.45) is 5.92 Å². The summed E-state index contributed by atoms with van der Waals surface area (Å²) in [7, 11) is -2.01. The quantitative estimate of drug-likeness (QED) is 0.570. The predicted octanol–water partition coefficient (Wildman–Crippen LogP) is 4.29. The lowest BCUT2D eigenvalue weighted by molar-refractivity contribution is -0.123. The van der Waals surface area contributed by atoms with E-state index in [0.717, 1.165) is 16.8 Å². The van der Waals surface area contributed by atoms with Crippen molar-refractivity contribution in [1.82, 2.24) is 4.31 Å². The monoisotopic (exact) mass is 459 g/mol. The third kappa shape index (κ3) is 4.54. The lowest BCUT2D eigenvalue weighted by Crippen LogP contribution is -2.43. The number of piperidine rings is 1. The zero-order chi connectivity index (χ0) is 23.4. The maximum Gasteiger partial charge on any atom is 0.244 e. The van der Waals surface area contributed by atoms with Gasteiger partial charge in [0.2, 0.25) is 15.9 Å². The molecule has 0 spiro atoms. The van der Waals surface area contributed by atoms with E-state index >= 15 is 0 Å². The minimum absolute atomic E-state index is 0.0196. The largest absolute Gasteiger partial charge is 0.315 e. The molecule has 1 amide bonds. The van der Waals surface area contributed by atoms with Gasteiger partial charge < -0.3 is 4.90 Å². The van der Waals surface area contributed by atoms with E-state index in [-0.39, 0.29) is 35.4 Å². The number of nitriles is 1. The van der Waals surface area contributed by atoms with Crippen molar-refractivity contribution in [3.8, 4) is 17.2 Å². The highest BCUT2D eigenvalue weighted by atomic mass is 32.2. The van der Waals surface area contributed by atoms with Gasteiger partial charge in [0.25, 0.3) is 0 Å². The minimum Gasteiger partial charge on any atom is -0.315 e. The summed E-state index contributed by atoms with van der Waals surface area (Å²) < 4.78 is 27.5. The lowest BCUT2D eigenvalue weighted by atomic mass is 9.95.